The summed E-state index contributed by atoms with van der Waals surface area (Å²) in [6.45, 7) is 5.95. The molecule has 0 spiro atoms. The van der Waals surface area contributed by atoms with Gasteiger partial charge in [0.2, 0.25) is 0 Å². The van der Waals surface area contributed by atoms with Gasteiger partial charge in [-0.3, -0.25) is 4.79 Å². The first-order valence-electron chi connectivity index (χ1n) is 9.38. The Bertz CT molecular complexity index is 648. The van der Waals surface area contributed by atoms with Crippen molar-refractivity contribution in [2.75, 3.05) is 20.2 Å². The molecule has 0 bridgehead atoms. The van der Waals surface area contributed by atoms with Gasteiger partial charge in [-0.15, -0.1) is 0 Å². The molecule has 1 aromatic rings. The minimum atomic E-state index is -0.549. The highest BCUT2D eigenvalue weighted by atomic mass is 16.6. The number of alkyl carbamates (subject to hydrolysis) is 1. The van der Waals surface area contributed by atoms with E-state index in [1.54, 1.807) is 46.1 Å². The number of carbonyl (C=O) groups is 2. The van der Waals surface area contributed by atoms with Crippen molar-refractivity contribution in [1.82, 2.24) is 10.6 Å². The molecule has 2 rings (SSSR count). The Hall–Kier alpha value is -2.44. The predicted molar refractivity (Wildman–Crippen MR) is 102 cm³/mol. The van der Waals surface area contributed by atoms with Gasteiger partial charge in [0.15, 0.2) is 11.5 Å². The van der Waals surface area contributed by atoms with Crippen molar-refractivity contribution < 1.29 is 23.8 Å². The standard InChI is InChI=1S/C20H30N2O5/c1-20(2,3)27-19(24)22-12-11-21-18(23)14-9-10-16(17(13-14)25-4)26-15-7-5-6-8-15/h9-10,13,15H,5-8,11-12H2,1-4H3,(H,21,23)(H,22,24). The summed E-state index contributed by atoms with van der Waals surface area (Å²) in [5.41, 5.74) is -0.0745. The number of amides is 2. The number of rotatable bonds is 7. The molecule has 2 amide bonds. The summed E-state index contributed by atoms with van der Waals surface area (Å²) in [6.07, 6.45) is 4.19. The van der Waals surface area contributed by atoms with Crippen LogP contribution in [-0.4, -0.2) is 43.9 Å². The highest BCUT2D eigenvalue weighted by Gasteiger charge is 2.19. The third-order valence-electron chi connectivity index (χ3n) is 4.10. The second-order valence-corrected chi connectivity index (χ2v) is 7.57. The lowest BCUT2D eigenvalue weighted by molar-refractivity contribution is 0.0526. The molecule has 1 aliphatic carbocycles. The third kappa shape index (κ3) is 7.00. The maximum absolute atomic E-state index is 12.3. The molecule has 0 atom stereocenters. The van der Waals surface area contributed by atoms with Gasteiger partial charge in [0.05, 0.1) is 13.2 Å². The molecule has 0 heterocycles. The zero-order valence-corrected chi connectivity index (χ0v) is 16.6. The zero-order valence-electron chi connectivity index (χ0n) is 16.6. The molecule has 27 heavy (non-hydrogen) atoms. The fourth-order valence-electron chi connectivity index (χ4n) is 2.85. The second-order valence-electron chi connectivity index (χ2n) is 7.57. The van der Waals surface area contributed by atoms with Gasteiger partial charge in [0.25, 0.3) is 5.91 Å². The van der Waals surface area contributed by atoms with Gasteiger partial charge in [-0.1, -0.05) is 0 Å². The van der Waals surface area contributed by atoms with Crippen LogP contribution in [0.1, 0.15) is 56.8 Å². The van der Waals surface area contributed by atoms with Crippen LogP contribution in [0.15, 0.2) is 18.2 Å². The van der Waals surface area contributed by atoms with Crippen molar-refractivity contribution in [2.24, 2.45) is 0 Å². The van der Waals surface area contributed by atoms with Crippen LogP contribution < -0.4 is 20.1 Å². The van der Waals surface area contributed by atoms with Gasteiger partial charge >= 0.3 is 6.09 Å². The topological polar surface area (TPSA) is 85.9 Å². The molecule has 2 N–H and O–H groups in total. The Morgan fingerprint density at radius 1 is 1.07 bits per heavy atom. The zero-order chi connectivity index (χ0) is 19.9. The van der Waals surface area contributed by atoms with Crippen molar-refractivity contribution >= 4 is 12.0 Å². The van der Waals surface area contributed by atoms with Crippen molar-refractivity contribution in [3.8, 4) is 11.5 Å². The lowest BCUT2D eigenvalue weighted by atomic mass is 10.2. The van der Waals surface area contributed by atoms with Gasteiger partial charge in [-0.05, 0) is 64.7 Å². The number of hydrogen-bond donors (Lipinski definition) is 2. The average molecular weight is 378 g/mol. The van der Waals surface area contributed by atoms with Crippen LogP contribution in [-0.2, 0) is 4.74 Å². The summed E-state index contributed by atoms with van der Waals surface area (Å²) in [5.74, 6) is 0.959. The van der Waals surface area contributed by atoms with Crippen LogP contribution in [0.4, 0.5) is 4.79 Å². The predicted octanol–water partition coefficient (Wildman–Crippen LogP) is 3.27. The van der Waals surface area contributed by atoms with E-state index >= 15 is 0 Å². The normalized spacial score (nSPS) is 14.5. The number of carbonyl (C=O) groups excluding carboxylic acids is 2. The van der Waals surface area contributed by atoms with E-state index in [0.717, 1.165) is 12.8 Å². The van der Waals surface area contributed by atoms with E-state index in [1.807, 2.05) is 0 Å². The molecule has 0 unspecified atom stereocenters. The minimum absolute atomic E-state index is 0.220. The smallest absolute Gasteiger partial charge is 0.407 e. The van der Waals surface area contributed by atoms with Crippen LogP contribution in [0.2, 0.25) is 0 Å². The van der Waals surface area contributed by atoms with E-state index in [4.69, 9.17) is 14.2 Å². The molecular formula is C20H30N2O5. The monoisotopic (exact) mass is 378 g/mol. The summed E-state index contributed by atoms with van der Waals surface area (Å²) >= 11 is 0. The highest BCUT2D eigenvalue weighted by Crippen LogP contribution is 2.32. The molecule has 7 nitrogen and oxygen atoms in total. The second kappa shape index (κ2) is 9.48. The fourth-order valence-corrected chi connectivity index (χ4v) is 2.85. The van der Waals surface area contributed by atoms with Gasteiger partial charge in [-0.2, -0.15) is 0 Å². The number of benzene rings is 1. The van der Waals surface area contributed by atoms with Crippen molar-refractivity contribution in [3.05, 3.63) is 23.8 Å². The molecule has 0 radical (unpaired) electrons. The van der Waals surface area contributed by atoms with Crippen LogP contribution in [0.25, 0.3) is 0 Å². The first kappa shape index (κ1) is 20.9. The first-order chi connectivity index (χ1) is 12.8. The number of nitrogens with one attached hydrogen (secondary N) is 2. The summed E-state index contributed by atoms with van der Waals surface area (Å²) in [5, 5.41) is 5.35. The van der Waals surface area contributed by atoms with Crippen LogP contribution in [0.5, 0.6) is 11.5 Å². The lowest BCUT2D eigenvalue weighted by Gasteiger charge is -2.19. The van der Waals surface area contributed by atoms with Crippen molar-refractivity contribution in [1.29, 1.82) is 0 Å². The Balaban J connectivity index is 1.82. The SMILES string of the molecule is COc1cc(C(=O)NCCNC(=O)OC(C)(C)C)ccc1OC1CCCC1. The lowest BCUT2D eigenvalue weighted by Crippen LogP contribution is -2.37. The average Bonchev–Trinajstić information content (AvgIpc) is 3.10. The molecular weight excluding hydrogens is 348 g/mol. The van der Waals surface area contributed by atoms with E-state index in [9.17, 15) is 9.59 Å². The molecule has 1 aromatic carbocycles. The van der Waals surface area contributed by atoms with E-state index in [1.165, 1.54) is 12.8 Å². The molecule has 150 valence electrons. The third-order valence-corrected chi connectivity index (χ3v) is 4.10. The van der Waals surface area contributed by atoms with Crippen molar-refractivity contribution in [3.63, 3.8) is 0 Å². The molecule has 7 heteroatoms. The Kier molecular flexibility index (Phi) is 7.33. The van der Waals surface area contributed by atoms with Gasteiger partial charge in [-0.25, -0.2) is 4.79 Å². The van der Waals surface area contributed by atoms with Crippen LogP contribution in [0.3, 0.4) is 0 Å². The minimum Gasteiger partial charge on any atom is -0.493 e. The summed E-state index contributed by atoms with van der Waals surface area (Å²) in [7, 11) is 1.56. The largest absolute Gasteiger partial charge is 0.493 e. The molecule has 0 aliphatic heterocycles. The summed E-state index contributed by atoms with van der Waals surface area (Å²) in [4.78, 5) is 23.9. The molecule has 0 saturated heterocycles. The Morgan fingerprint density at radius 2 is 1.74 bits per heavy atom. The summed E-state index contributed by atoms with van der Waals surface area (Å²) in [6, 6.07) is 5.15. The van der Waals surface area contributed by atoms with Crippen molar-refractivity contribution in [2.45, 2.75) is 58.2 Å². The maximum atomic E-state index is 12.3. The molecule has 1 fully saturated rings. The Morgan fingerprint density at radius 3 is 2.37 bits per heavy atom. The highest BCUT2D eigenvalue weighted by molar-refractivity contribution is 5.94. The van der Waals surface area contributed by atoms with Crippen LogP contribution >= 0.6 is 0 Å². The van der Waals surface area contributed by atoms with E-state index < -0.39 is 11.7 Å². The molecule has 0 aromatic heterocycles. The number of hydrogen-bond acceptors (Lipinski definition) is 5. The number of ether oxygens (including phenoxy) is 3. The quantitative estimate of drug-likeness (QED) is 0.711. The van der Waals surface area contributed by atoms with E-state index in [-0.39, 0.29) is 18.6 Å². The molecule has 1 saturated carbocycles. The van der Waals surface area contributed by atoms with E-state index in [0.29, 0.717) is 23.6 Å². The fraction of sp³-hybridized carbons (Fsp3) is 0.600. The Labute approximate surface area is 160 Å². The summed E-state index contributed by atoms with van der Waals surface area (Å²) < 4.78 is 16.5. The maximum Gasteiger partial charge on any atom is 0.407 e. The first-order valence-corrected chi connectivity index (χ1v) is 9.38. The van der Waals surface area contributed by atoms with E-state index in [2.05, 4.69) is 10.6 Å². The van der Waals surface area contributed by atoms with Gasteiger partial charge in [0, 0.05) is 18.7 Å². The van der Waals surface area contributed by atoms with Gasteiger partial charge in [0.1, 0.15) is 5.60 Å². The number of methoxy groups -OCH3 is 1. The van der Waals surface area contributed by atoms with Gasteiger partial charge < -0.3 is 24.8 Å². The molecule has 1 aliphatic rings. The van der Waals surface area contributed by atoms with Crippen LogP contribution in [0, 0.1) is 0 Å².